The van der Waals surface area contributed by atoms with Gasteiger partial charge < -0.3 is 9.80 Å². The van der Waals surface area contributed by atoms with Gasteiger partial charge in [-0.2, -0.15) is 0 Å². The summed E-state index contributed by atoms with van der Waals surface area (Å²) in [5.74, 6) is 1.08. The molecule has 122 valence electrons. The molecule has 23 heavy (non-hydrogen) atoms. The number of pyridine rings is 1. The highest BCUT2D eigenvalue weighted by molar-refractivity contribution is 6.30. The summed E-state index contributed by atoms with van der Waals surface area (Å²) in [7, 11) is 0. The molecule has 3 atom stereocenters. The predicted octanol–water partition coefficient (Wildman–Crippen LogP) is 2.21. The van der Waals surface area contributed by atoms with E-state index in [0.717, 1.165) is 38.9 Å². The normalized spacial score (nSPS) is 30.1. The van der Waals surface area contributed by atoms with Crippen LogP contribution in [0, 0.1) is 11.8 Å². The van der Waals surface area contributed by atoms with Crippen LogP contribution in [-0.2, 0) is 4.79 Å². The maximum Gasteiger partial charge on any atom is 0.272 e. The van der Waals surface area contributed by atoms with E-state index in [0.29, 0.717) is 40.9 Å². The number of carbonyl (C=O) groups is 2. The van der Waals surface area contributed by atoms with Crippen molar-refractivity contribution < 1.29 is 9.59 Å². The lowest BCUT2D eigenvalue weighted by Gasteiger charge is -2.52. The SMILES string of the molecule is O=C(c1ccc(Cl)cn1)N1CC2CC(C1)[C@@H]1CCCC(=O)N1C2. The first-order valence-electron chi connectivity index (χ1n) is 8.32. The van der Waals surface area contributed by atoms with E-state index in [1.165, 1.54) is 6.20 Å². The zero-order valence-electron chi connectivity index (χ0n) is 12.9. The van der Waals surface area contributed by atoms with Crippen LogP contribution < -0.4 is 0 Å². The maximum absolute atomic E-state index is 12.7. The third-order valence-electron chi connectivity index (χ3n) is 5.41. The molecule has 0 spiro atoms. The minimum absolute atomic E-state index is 0.0213. The number of likely N-dealkylation sites (tertiary alicyclic amines) is 1. The Balaban J connectivity index is 1.52. The first-order valence-corrected chi connectivity index (χ1v) is 8.70. The average Bonchev–Trinajstić information content (AvgIpc) is 2.56. The number of piperidine rings is 3. The zero-order valence-corrected chi connectivity index (χ0v) is 13.7. The van der Waals surface area contributed by atoms with E-state index in [1.54, 1.807) is 12.1 Å². The molecule has 4 rings (SSSR count). The number of aromatic nitrogens is 1. The Morgan fingerprint density at radius 1 is 1.26 bits per heavy atom. The topological polar surface area (TPSA) is 53.5 Å². The molecule has 1 aromatic heterocycles. The van der Waals surface area contributed by atoms with E-state index in [1.807, 2.05) is 4.90 Å². The van der Waals surface area contributed by atoms with Crippen molar-refractivity contribution in [2.24, 2.45) is 11.8 Å². The molecule has 2 unspecified atom stereocenters. The minimum Gasteiger partial charge on any atom is -0.339 e. The molecule has 3 fully saturated rings. The number of halogens is 1. The molecule has 2 amide bonds. The van der Waals surface area contributed by atoms with Crippen molar-refractivity contribution in [2.45, 2.75) is 31.7 Å². The standard InChI is InChI=1S/C17H20ClN3O2/c18-13-4-5-14(19-7-13)17(23)20-8-11-6-12(10-20)15-2-1-3-16(22)21(15)9-11/h4-5,7,11-12,15H,1-3,6,8-10H2/t11?,12?,15-/m0/s1. The van der Waals surface area contributed by atoms with E-state index >= 15 is 0 Å². The Morgan fingerprint density at radius 3 is 2.91 bits per heavy atom. The molecule has 0 aromatic carbocycles. The second-order valence-electron chi connectivity index (χ2n) is 6.94. The van der Waals surface area contributed by atoms with E-state index < -0.39 is 0 Å². The highest BCUT2D eigenvalue weighted by Crippen LogP contribution is 2.38. The van der Waals surface area contributed by atoms with Crippen LogP contribution in [0.25, 0.3) is 0 Å². The maximum atomic E-state index is 12.7. The van der Waals surface area contributed by atoms with Crippen molar-refractivity contribution in [3.63, 3.8) is 0 Å². The van der Waals surface area contributed by atoms with Crippen LogP contribution in [0.5, 0.6) is 0 Å². The van der Waals surface area contributed by atoms with Crippen molar-refractivity contribution >= 4 is 23.4 Å². The summed E-state index contributed by atoms with van der Waals surface area (Å²) in [6.45, 7) is 2.25. The Bertz CT molecular complexity index is 633. The Hall–Kier alpha value is -1.62. The van der Waals surface area contributed by atoms with Gasteiger partial charge in [0.1, 0.15) is 5.69 Å². The number of rotatable bonds is 1. The molecule has 3 aliphatic rings. The lowest BCUT2D eigenvalue weighted by atomic mass is 9.76. The summed E-state index contributed by atoms with van der Waals surface area (Å²) < 4.78 is 0. The Kier molecular flexibility index (Phi) is 3.76. The molecule has 6 heteroatoms. The highest BCUT2D eigenvalue weighted by atomic mass is 35.5. The Labute approximate surface area is 140 Å². The number of carbonyl (C=O) groups excluding carboxylic acids is 2. The molecule has 0 radical (unpaired) electrons. The zero-order chi connectivity index (χ0) is 16.0. The molecular formula is C17H20ClN3O2. The van der Waals surface area contributed by atoms with E-state index in [2.05, 4.69) is 9.88 Å². The molecule has 0 N–H and O–H groups in total. The fourth-order valence-electron chi connectivity index (χ4n) is 4.44. The number of hydrogen-bond donors (Lipinski definition) is 0. The van der Waals surface area contributed by atoms with Gasteiger partial charge in [0.05, 0.1) is 5.02 Å². The van der Waals surface area contributed by atoms with E-state index in [9.17, 15) is 9.59 Å². The summed E-state index contributed by atoms with van der Waals surface area (Å²) in [6, 6.07) is 3.71. The first kappa shape index (κ1) is 14.9. The molecule has 2 bridgehead atoms. The second kappa shape index (κ2) is 5.78. The first-order chi connectivity index (χ1) is 11.1. The van der Waals surface area contributed by atoms with Crippen LogP contribution in [0.2, 0.25) is 5.02 Å². The summed E-state index contributed by atoms with van der Waals surface area (Å²) in [5, 5.41) is 0.536. The van der Waals surface area contributed by atoms with Gasteiger partial charge in [-0.05, 0) is 43.2 Å². The number of hydrogen-bond acceptors (Lipinski definition) is 3. The van der Waals surface area contributed by atoms with Gasteiger partial charge >= 0.3 is 0 Å². The fraction of sp³-hybridized carbons (Fsp3) is 0.588. The third kappa shape index (κ3) is 2.71. The highest BCUT2D eigenvalue weighted by Gasteiger charge is 2.44. The third-order valence-corrected chi connectivity index (χ3v) is 5.64. The monoisotopic (exact) mass is 333 g/mol. The van der Waals surface area contributed by atoms with Crippen molar-refractivity contribution in [3.05, 3.63) is 29.0 Å². The fourth-order valence-corrected chi connectivity index (χ4v) is 4.55. The van der Waals surface area contributed by atoms with Gasteiger partial charge in [0.25, 0.3) is 5.91 Å². The molecule has 0 saturated carbocycles. The van der Waals surface area contributed by atoms with Gasteiger partial charge in [-0.15, -0.1) is 0 Å². The molecule has 0 aliphatic carbocycles. The summed E-state index contributed by atoms with van der Waals surface area (Å²) in [6.07, 6.45) is 5.39. The van der Waals surface area contributed by atoms with E-state index in [-0.39, 0.29) is 5.91 Å². The van der Waals surface area contributed by atoms with Gasteiger partial charge in [-0.1, -0.05) is 11.6 Å². The van der Waals surface area contributed by atoms with Crippen LogP contribution in [-0.4, -0.2) is 52.3 Å². The van der Waals surface area contributed by atoms with Crippen molar-refractivity contribution in [1.82, 2.24) is 14.8 Å². The minimum atomic E-state index is -0.0213. The van der Waals surface area contributed by atoms with Crippen LogP contribution in [0.4, 0.5) is 0 Å². The predicted molar refractivity (Wildman–Crippen MR) is 86.1 cm³/mol. The second-order valence-corrected chi connectivity index (χ2v) is 7.38. The van der Waals surface area contributed by atoms with Crippen LogP contribution in [0.15, 0.2) is 18.3 Å². The molecule has 3 aliphatic heterocycles. The average molecular weight is 334 g/mol. The number of fused-ring (bicyclic) bond motifs is 4. The summed E-state index contributed by atoms with van der Waals surface area (Å²) in [4.78, 5) is 33.0. The van der Waals surface area contributed by atoms with Crippen LogP contribution >= 0.6 is 11.6 Å². The van der Waals surface area contributed by atoms with Crippen molar-refractivity contribution in [3.8, 4) is 0 Å². The molecular weight excluding hydrogens is 314 g/mol. The largest absolute Gasteiger partial charge is 0.339 e. The Morgan fingerprint density at radius 2 is 2.13 bits per heavy atom. The van der Waals surface area contributed by atoms with Gasteiger partial charge in [-0.3, -0.25) is 9.59 Å². The van der Waals surface area contributed by atoms with Gasteiger partial charge in [0, 0.05) is 38.3 Å². The van der Waals surface area contributed by atoms with Gasteiger partial charge in [0.15, 0.2) is 0 Å². The quantitative estimate of drug-likeness (QED) is 0.791. The van der Waals surface area contributed by atoms with Crippen LogP contribution in [0.1, 0.15) is 36.2 Å². The van der Waals surface area contributed by atoms with E-state index in [4.69, 9.17) is 11.6 Å². The molecule has 5 nitrogen and oxygen atoms in total. The summed E-state index contributed by atoms with van der Waals surface area (Å²) in [5.41, 5.74) is 0.450. The molecule has 3 saturated heterocycles. The van der Waals surface area contributed by atoms with Crippen molar-refractivity contribution in [2.75, 3.05) is 19.6 Å². The van der Waals surface area contributed by atoms with Gasteiger partial charge in [0.2, 0.25) is 5.91 Å². The lowest BCUT2D eigenvalue weighted by Crippen LogP contribution is -2.61. The van der Waals surface area contributed by atoms with Crippen molar-refractivity contribution in [1.29, 1.82) is 0 Å². The van der Waals surface area contributed by atoms with Crippen LogP contribution in [0.3, 0.4) is 0 Å². The van der Waals surface area contributed by atoms with Gasteiger partial charge in [-0.25, -0.2) is 4.98 Å². The smallest absolute Gasteiger partial charge is 0.272 e. The molecule has 4 heterocycles. The molecule has 1 aromatic rings. The lowest BCUT2D eigenvalue weighted by molar-refractivity contribution is -0.144. The number of nitrogens with zero attached hydrogens (tertiary/aromatic N) is 3. The summed E-state index contributed by atoms with van der Waals surface area (Å²) >= 11 is 5.85. The number of amides is 2.